The maximum absolute atomic E-state index is 13.3. The molecular weight excluding hydrogens is 419 g/mol. The molecule has 32 heavy (non-hydrogen) atoms. The molecule has 1 aromatic carbocycles. The lowest BCUT2D eigenvalue weighted by Crippen LogP contribution is -2.46. The molecule has 2 saturated carbocycles. The molecular formula is C24H28F3N3O2. The van der Waals surface area contributed by atoms with Gasteiger partial charge >= 0.3 is 6.18 Å². The first kappa shape index (κ1) is 22.7. The van der Waals surface area contributed by atoms with E-state index in [2.05, 4.69) is 17.1 Å². The van der Waals surface area contributed by atoms with E-state index in [0.29, 0.717) is 5.56 Å². The Labute approximate surface area is 185 Å². The molecule has 2 fully saturated rings. The minimum Gasteiger partial charge on any atom is -0.376 e. The Balaban J connectivity index is 1.49. The zero-order valence-electron chi connectivity index (χ0n) is 18.3. The molecule has 0 aliphatic heterocycles. The Bertz CT molecular complexity index is 949. The van der Waals surface area contributed by atoms with Crippen LogP contribution < -0.4 is 0 Å². The number of nitrogens with zero attached hydrogens (tertiary/aromatic N) is 3. The van der Waals surface area contributed by atoms with Crippen molar-refractivity contribution in [3.63, 3.8) is 0 Å². The van der Waals surface area contributed by atoms with Crippen LogP contribution in [-0.2, 0) is 11.0 Å². The van der Waals surface area contributed by atoms with E-state index in [9.17, 15) is 23.1 Å². The molecule has 2 aromatic rings. The van der Waals surface area contributed by atoms with E-state index in [1.807, 2.05) is 17.0 Å². The van der Waals surface area contributed by atoms with Crippen LogP contribution in [0.2, 0.25) is 0 Å². The molecule has 1 amide bonds. The number of halogens is 3. The van der Waals surface area contributed by atoms with Crippen LogP contribution >= 0.6 is 0 Å². The van der Waals surface area contributed by atoms with E-state index in [4.69, 9.17) is 0 Å². The summed E-state index contributed by atoms with van der Waals surface area (Å²) in [6.07, 6.45) is 2.23. The monoisotopic (exact) mass is 447 g/mol. The predicted octanol–water partition coefficient (Wildman–Crippen LogP) is 4.75. The zero-order valence-corrected chi connectivity index (χ0v) is 18.3. The third-order valence-corrected chi connectivity index (χ3v) is 7.06. The lowest BCUT2D eigenvalue weighted by molar-refractivity contribution is -0.258. The number of alkyl halides is 3. The molecule has 1 N–H and O–H groups in total. The largest absolute Gasteiger partial charge is 0.421 e. The molecule has 0 bridgehead atoms. The van der Waals surface area contributed by atoms with Gasteiger partial charge in [-0.05, 0) is 75.3 Å². The summed E-state index contributed by atoms with van der Waals surface area (Å²) in [6.45, 7) is 2.90. The molecule has 1 heterocycles. The molecule has 0 spiro atoms. The number of benzene rings is 1. The van der Waals surface area contributed by atoms with Gasteiger partial charge in [0.05, 0.1) is 5.69 Å². The quantitative estimate of drug-likeness (QED) is 0.718. The number of carbonyl (C=O) groups is 1. The normalized spacial score (nSPS) is 25.8. The zero-order chi connectivity index (χ0) is 23.1. The van der Waals surface area contributed by atoms with Crippen molar-refractivity contribution in [1.82, 2.24) is 15.1 Å². The second-order valence-electron chi connectivity index (χ2n) is 9.49. The van der Waals surface area contributed by atoms with Crippen molar-refractivity contribution in [2.75, 3.05) is 0 Å². The van der Waals surface area contributed by atoms with Gasteiger partial charge in [-0.3, -0.25) is 4.79 Å². The average Bonchev–Trinajstić information content (AvgIpc) is 3.60. The number of hydrogen-bond donors (Lipinski definition) is 1. The van der Waals surface area contributed by atoms with Crippen molar-refractivity contribution < 1.29 is 23.1 Å². The van der Waals surface area contributed by atoms with Crippen molar-refractivity contribution in [3.8, 4) is 0 Å². The van der Waals surface area contributed by atoms with E-state index >= 15 is 0 Å². The van der Waals surface area contributed by atoms with Crippen molar-refractivity contribution >= 4 is 5.91 Å². The van der Waals surface area contributed by atoms with E-state index in [1.165, 1.54) is 24.3 Å². The highest BCUT2D eigenvalue weighted by Crippen LogP contribution is 2.43. The predicted molar refractivity (Wildman–Crippen MR) is 113 cm³/mol. The third kappa shape index (κ3) is 4.25. The van der Waals surface area contributed by atoms with E-state index < -0.39 is 11.8 Å². The Morgan fingerprint density at radius 2 is 1.66 bits per heavy atom. The number of aliphatic hydroxyl groups is 1. The Morgan fingerprint density at radius 3 is 2.16 bits per heavy atom. The minimum absolute atomic E-state index is 0.0755. The smallest absolute Gasteiger partial charge is 0.376 e. The second kappa shape index (κ2) is 8.14. The van der Waals surface area contributed by atoms with Crippen LogP contribution in [0.5, 0.6) is 0 Å². The van der Waals surface area contributed by atoms with Crippen LogP contribution in [0.4, 0.5) is 13.2 Å². The fraction of sp³-hybridized carbons (Fsp3) is 0.542. The van der Waals surface area contributed by atoms with Gasteiger partial charge in [0.25, 0.3) is 5.91 Å². The van der Waals surface area contributed by atoms with Crippen LogP contribution in [0, 0.1) is 0 Å². The molecule has 5 nitrogen and oxygen atoms in total. The van der Waals surface area contributed by atoms with Gasteiger partial charge in [-0.2, -0.15) is 23.4 Å². The number of carbonyl (C=O) groups excluding carboxylic acids is 1. The van der Waals surface area contributed by atoms with Crippen molar-refractivity contribution in [3.05, 3.63) is 59.4 Å². The van der Waals surface area contributed by atoms with Crippen LogP contribution in [0.25, 0.3) is 0 Å². The number of rotatable bonds is 5. The minimum atomic E-state index is -4.80. The molecule has 0 saturated heterocycles. The molecule has 1 aromatic heterocycles. The van der Waals surface area contributed by atoms with Gasteiger partial charge < -0.3 is 10.0 Å². The summed E-state index contributed by atoms with van der Waals surface area (Å²) in [5.74, 6) is -0.154. The lowest BCUT2D eigenvalue weighted by atomic mass is 9.71. The van der Waals surface area contributed by atoms with E-state index in [-0.39, 0.29) is 29.0 Å². The SMILES string of the molecule is CC1(c2cccnn2)CCC(N(C(=O)c2ccc([C@](C)(O)C(F)(F)F)cc2)C2CC2)CC1. The average molecular weight is 448 g/mol. The lowest BCUT2D eigenvalue weighted by Gasteiger charge is -2.41. The third-order valence-electron chi connectivity index (χ3n) is 7.06. The summed E-state index contributed by atoms with van der Waals surface area (Å²) < 4.78 is 39.3. The summed E-state index contributed by atoms with van der Waals surface area (Å²) in [5.41, 5.74) is -2.00. The maximum Gasteiger partial charge on any atom is 0.421 e. The van der Waals surface area contributed by atoms with E-state index in [0.717, 1.165) is 51.1 Å². The Hall–Kier alpha value is -2.48. The fourth-order valence-electron chi connectivity index (χ4n) is 4.63. The first-order chi connectivity index (χ1) is 15.0. The highest BCUT2D eigenvalue weighted by atomic mass is 19.4. The number of aromatic nitrogens is 2. The van der Waals surface area contributed by atoms with Crippen LogP contribution in [0.3, 0.4) is 0 Å². The van der Waals surface area contributed by atoms with Gasteiger partial charge in [0.1, 0.15) is 0 Å². The van der Waals surface area contributed by atoms with Crippen LogP contribution in [0.15, 0.2) is 42.6 Å². The van der Waals surface area contributed by atoms with E-state index in [1.54, 1.807) is 6.20 Å². The van der Waals surface area contributed by atoms with Gasteiger partial charge in [-0.15, -0.1) is 0 Å². The first-order valence-corrected chi connectivity index (χ1v) is 11.0. The molecule has 172 valence electrons. The highest BCUT2D eigenvalue weighted by molar-refractivity contribution is 5.95. The van der Waals surface area contributed by atoms with Gasteiger partial charge in [0.15, 0.2) is 5.60 Å². The second-order valence-corrected chi connectivity index (χ2v) is 9.49. The molecule has 0 radical (unpaired) electrons. The van der Waals surface area contributed by atoms with Gasteiger partial charge in [0, 0.05) is 29.3 Å². The summed E-state index contributed by atoms with van der Waals surface area (Å²) in [4.78, 5) is 15.3. The maximum atomic E-state index is 13.3. The Morgan fingerprint density at radius 1 is 1.06 bits per heavy atom. The fourth-order valence-corrected chi connectivity index (χ4v) is 4.63. The molecule has 2 aliphatic carbocycles. The molecule has 1 atom stereocenters. The van der Waals surface area contributed by atoms with Crippen LogP contribution in [0.1, 0.15) is 74.0 Å². The topological polar surface area (TPSA) is 66.3 Å². The van der Waals surface area contributed by atoms with Crippen molar-refractivity contribution in [2.45, 2.75) is 81.6 Å². The van der Waals surface area contributed by atoms with Gasteiger partial charge in [-0.25, -0.2) is 0 Å². The molecule has 2 aliphatic rings. The molecule has 0 unspecified atom stereocenters. The number of amides is 1. The van der Waals surface area contributed by atoms with Crippen LogP contribution in [-0.4, -0.2) is 44.4 Å². The highest BCUT2D eigenvalue weighted by Gasteiger charge is 2.51. The van der Waals surface area contributed by atoms with Gasteiger partial charge in [-0.1, -0.05) is 19.1 Å². The standard InChI is InChI=1S/C24H28F3N3O2/c1-22(20-4-3-15-28-29-20)13-11-19(12-14-22)30(18-9-10-18)21(31)16-5-7-17(8-6-16)23(2,32)24(25,26)27/h3-8,15,18-19,32H,9-14H2,1-2H3/t19?,22?,23-/m0/s1. The molecule has 8 heteroatoms. The first-order valence-electron chi connectivity index (χ1n) is 11.0. The number of hydrogen-bond acceptors (Lipinski definition) is 4. The summed E-state index contributed by atoms with van der Waals surface area (Å²) >= 11 is 0. The summed E-state index contributed by atoms with van der Waals surface area (Å²) in [6, 6.07) is 9.33. The van der Waals surface area contributed by atoms with Crippen molar-refractivity contribution in [2.24, 2.45) is 0 Å². The van der Waals surface area contributed by atoms with Gasteiger partial charge in [0.2, 0.25) is 0 Å². The summed E-state index contributed by atoms with van der Waals surface area (Å²) in [5, 5.41) is 18.2. The summed E-state index contributed by atoms with van der Waals surface area (Å²) in [7, 11) is 0. The molecule has 4 rings (SSSR count). The Kier molecular flexibility index (Phi) is 5.77. The van der Waals surface area contributed by atoms with Crippen molar-refractivity contribution in [1.29, 1.82) is 0 Å².